The number of nitrogens with zero attached hydrogens (tertiary/aromatic N) is 1. The number of hydrogen-bond acceptors (Lipinski definition) is 4. The minimum Gasteiger partial charge on any atom is -0.755 e. The zero-order valence-electron chi connectivity index (χ0n) is 12.5. The van der Waals surface area contributed by atoms with Crippen molar-refractivity contribution in [1.29, 1.82) is 0 Å². The van der Waals surface area contributed by atoms with E-state index in [0.717, 1.165) is 15.4 Å². The van der Waals surface area contributed by atoms with Crippen molar-refractivity contribution < 1.29 is 18.3 Å². The number of esters is 1. The number of benzene rings is 2. The molecule has 0 amide bonds. The van der Waals surface area contributed by atoms with Crippen molar-refractivity contribution in [2.24, 2.45) is 0 Å². The molecule has 116 valence electrons. The van der Waals surface area contributed by atoms with Crippen LogP contribution in [0.3, 0.4) is 0 Å². The third-order valence-electron chi connectivity index (χ3n) is 3.14. The number of rotatable bonds is 4. The fourth-order valence-corrected chi connectivity index (χ4v) is 2.69. The van der Waals surface area contributed by atoms with Gasteiger partial charge >= 0.3 is 5.97 Å². The number of carbonyl (C=O) groups excluding carboxylic acids is 1. The monoisotopic (exact) mass is 318 g/mol. The Hall–Kier alpha value is -2.18. The molecule has 2 aromatic rings. The van der Waals surface area contributed by atoms with E-state index in [1.54, 1.807) is 31.2 Å². The van der Waals surface area contributed by atoms with E-state index in [1.807, 2.05) is 19.1 Å². The van der Waals surface area contributed by atoms with Crippen LogP contribution in [-0.4, -0.2) is 21.8 Å². The van der Waals surface area contributed by atoms with Gasteiger partial charge in [-0.3, -0.25) is 8.51 Å². The Morgan fingerprint density at radius 1 is 1.05 bits per heavy atom. The summed E-state index contributed by atoms with van der Waals surface area (Å²) in [7, 11) is 1.29. The Kier molecular flexibility index (Phi) is 4.95. The standard InChI is InChI=1S/C16H17NO4S/c1-11-4-6-14(7-5-11)17(22(19)20)15-9-12(2)8-13(10-15)16(18)21-3/h4-10H,1-3H3,(H,19,20)/p-1. The van der Waals surface area contributed by atoms with Crippen LogP contribution < -0.4 is 4.31 Å². The molecule has 0 radical (unpaired) electrons. The lowest BCUT2D eigenvalue weighted by Gasteiger charge is -2.27. The highest BCUT2D eigenvalue weighted by atomic mass is 32.2. The van der Waals surface area contributed by atoms with Gasteiger partial charge in [-0.15, -0.1) is 0 Å². The summed E-state index contributed by atoms with van der Waals surface area (Å²) in [4.78, 5) is 11.7. The SMILES string of the molecule is COC(=O)c1cc(C)cc(N(c2ccc(C)cc2)S(=O)[O-])c1. The van der Waals surface area contributed by atoms with Crippen molar-refractivity contribution in [2.75, 3.05) is 11.4 Å². The van der Waals surface area contributed by atoms with Crippen molar-refractivity contribution in [1.82, 2.24) is 0 Å². The summed E-state index contributed by atoms with van der Waals surface area (Å²) >= 11 is -2.51. The van der Waals surface area contributed by atoms with E-state index >= 15 is 0 Å². The Labute approximate surface area is 131 Å². The Bertz CT molecular complexity index is 713. The van der Waals surface area contributed by atoms with Gasteiger partial charge in [-0.2, -0.15) is 0 Å². The highest BCUT2D eigenvalue weighted by Crippen LogP contribution is 2.29. The lowest BCUT2D eigenvalue weighted by atomic mass is 10.1. The fourth-order valence-electron chi connectivity index (χ4n) is 2.12. The molecule has 0 aliphatic heterocycles. The molecule has 0 saturated heterocycles. The molecule has 0 fully saturated rings. The van der Waals surface area contributed by atoms with Gasteiger partial charge in [0, 0.05) is 0 Å². The van der Waals surface area contributed by atoms with E-state index in [9.17, 15) is 13.6 Å². The molecule has 0 bridgehead atoms. The molecule has 2 rings (SSSR count). The van der Waals surface area contributed by atoms with Crippen LogP contribution in [0.5, 0.6) is 0 Å². The fraction of sp³-hybridized carbons (Fsp3) is 0.188. The summed E-state index contributed by atoms with van der Waals surface area (Å²) in [5.74, 6) is -0.509. The molecule has 0 heterocycles. The minimum absolute atomic E-state index is 0.306. The van der Waals surface area contributed by atoms with Crippen LogP contribution in [0.4, 0.5) is 11.4 Å². The minimum atomic E-state index is -2.51. The highest BCUT2D eigenvalue weighted by molar-refractivity contribution is 7.81. The van der Waals surface area contributed by atoms with Crippen molar-refractivity contribution >= 4 is 28.6 Å². The van der Waals surface area contributed by atoms with Gasteiger partial charge in [-0.05, 0) is 49.7 Å². The summed E-state index contributed by atoms with van der Waals surface area (Å²) in [5, 5.41) is 0. The van der Waals surface area contributed by atoms with Crippen LogP contribution in [0.25, 0.3) is 0 Å². The average molecular weight is 318 g/mol. The zero-order chi connectivity index (χ0) is 16.3. The smallest absolute Gasteiger partial charge is 0.337 e. The maximum absolute atomic E-state index is 11.7. The molecule has 1 unspecified atom stereocenters. The van der Waals surface area contributed by atoms with Crippen molar-refractivity contribution in [2.45, 2.75) is 13.8 Å². The van der Waals surface area contributed by atoms with Crippen molar-refractivity contribution in [3.63, 3.8) is 0 Å². The summed E-state index contributed by atoms with van der Waals surface area (Å²) < 4.78 is 29.1. The summed E-state index contributed by atoms with van der Waals surface area (Å²) in [5.41, 5.74) is 2.98. The number of methoxy groups -OCH3 is 1. The largest absolute Gasteiger partial charge is 0.755 e. The first-order chi connectivity index (χ1) is 10.4. The van der Waals surface area contributed by atoms with E-state index in [1.165, 1.54) is 13.2 Å². The molecule has 22 heavy (non-hydrogen) atoms. The van der Waals surface area contributed by atoms with Crippen LogP contribution in [0, 0.1) is 13.8 Å². The molecule has 0 aromatic heterocycles. The Morgan fingerprint density at radius 2 is 1.68 bits per heavy atom. The molecule has 6 heteroatoms. The molecule has 0 aliphatic carbocycles. The van der Waals surface area contributed by atoms with Gasteiger partial charge in [0.15, 0.2) is 0 Å². The second kappa shape index (κ2) is 6.72. The number of carbonyl (C=O) groups is 1. The molecular formula is C16H16NO4S-. The molecule has 0 spiro atoms. The molecular weight excluding hydrogens is 302 g/mol. The van der Waals surface area contributed by atoms with E-state index < -0.39 is 17.2 Å². The zero-order valence-corrected chi connectivity index (χ0v) is 13.3. The van der Waals surface area contributed by atoms with E-state index in [0.29, 0.717) is 16.9 Å². The van der Waals surface area contributed by atoms with E-state index in [4.69, 9.17) is 4.74 Å². The normalized spacial score (nSPS) is 11.8. The topological polar surface area (TPSA) is 69.7 Å². The third-order valence-corrected chi connectivity index (χ3v) is 3.86. The maximum atomic E-state index is 11.7. The quantitative estimate of drug-likeness (QED) is 0.642. The lowest BCUT2D eigenvalue weighted by Crippen LogP contribution is -2.20. The van der Waals surface area contributed by atoms with Crippen molar-refractivity contribution in [3.8, 4) is 0 Å². The van der Waals surface area contributed by atoms with Gasteiger partial charge in [0.2, 0.25) is 0 Å². The number of ether oxygens (including phenoxy) is 1. The van der Waals surface area contributed by atoms with Crippen LogP contribution in [0.2, 0.25) is 0 Å². The first-order valence-corrected chi connectivity index (χ1v) is 7.61. The van der Waals surface area contributed by atoms with Gasteiger partial charge in [0.25, 0.3) is 0 Å². The number of anilines is 2. The van der Waals surface area contributed by atoms with Crippen LogP contribution >= 0.6 is 0 Å². The predicted molar refractivity (Wildman–Crippen MR) is 84.8 cm³/mol. The summed E-state index contributed by atoms with van der Waals surface area (Å²) in [6, 6.07) is 11.9. The molecule has 0 saturated carbocycles. The third kappa shape index (κ3) is 3.52. The van der Waals surface area contributed by atoms with Gasteiger partial charge in [0.1, 0.15) is 0 Å². The maximum Gasteiger partial charge on any atom is 0.337 e. The Balaban J connectivity index is 2.53. The molecule has 2 aromatic carbocycles. The molecule has 0 aliphatic rings. The molecule has 5 nitrogen and oxygen atoms in total. The van der Waals surface area contributed by atoms with Crippen molar-refractivity contribution in [3.05, 3.63) is 59.2 Å². The van der Waals surface area contributed by atoms with Gasteiger partial charge < -0.3 is 9.29 Å². The highest BCUT2D eigenvalue weighted by Gasteiger charge is 2.14. The second-order valence-corrected chi connectivity index (χ2v) is 5.70. The average Bonchev–Trinajstić information content (AvgIpc) is 2.47. The Morgan fingerprint density at radius 3 is 2.23 bits per heavy atom. The molecule has 0 N–H and O–H groups in total. The van der Waals surface area contributed by atoms with Crippen LogP contribution in [0.1, 0.15) is 21.5 Å². The van der Waals surface area contributed by atoms with Gasteiger partial charge in [-0.1, -0.05) is 17.7 Å². The van der Waals surface area contributed by atoms with E-state index in [2.05, 4.69) is 0 Å². The van der Waals surface area contributed by atoms with Gasteiger partial charge in [-0.25, -0.2) is 4.79 Å². The first kappa shape index (κ1) is 16.2. The van der Waals surface area contributed by atoms with Crippen LogP contribution in [0.15, 0.2) is 42.5 Å². The number of aryl methyl sites for hydroxylation is 2. The second-order valence-electron chi connectivity index (χ2n) is 4.90. The predicted octanol–water partition coefficient (Wildman–Crippen LogP) is 3.02. The molecule has 1 atom stereocenters. The first-order valence-electron chi connectivity index (χ1n) is 6.58. The summed E-state index contributed by atoms with van der Waals surface area (Å²) in [6.07, 6.45) is 0. The van der Waals surface area contributed by atoms with E-state index in [-0.39, 0.29) is 0 Å². The summed E-state index contributed by atoms with van der Waals surface area (Å²) in [6.45, 7) is 3.71. The number of hydrogen-bond donors (Lipinski definition) is 0. The lowest BCUT2D eigenvalue weighted by molar-refractivity contribution is 0.0600. The van der Waals surface area contributed by atoms with Crippen LogP contribution in [-0.2, 0) is 16.0 Å². The van der Waals surface area contributed by atoms with Gasteiger partial charge in [0.05, 0.1) is 35.3 Å².